The number of rotatable bonds is 4. The highest BCUT2D eigenvalue weighted by molar-refractivity contribution is 5.74. The summed E-state index contributed by atoms with van der Waals surface area (Å²) in [6.07, 6.45) is 2.30. The van der Waals surface area contributed by atoms with Crippen molar-refractivity contribution in [3.8, 4) is 0 Å². The molecule has 0 saturated carbocycles. The van der Waals surface area contributed by atoms with Gasteiger partial charge in [-0.05, 0) is 18.8 Å². The highest BCUT2D eigenvalue weighted by atomic mass is 16.5. The minimum atomic E-state index is -0.0882. The number of amides is 2. The van der Waals surface area contributed by atoms with Gasteiger partial charge in [0.2, 0.25) is 0 Å². The first-order chi connectivity index (χ1) is 7.67. The fourth-order valence-corrected chi connectivity index (χ4v) is 2.01. The molecule has 1 aliphatic rings. The predicted octanol–water partition coefficient (Wildman–Crippen LogP) is 0.402. The first kappa shape index (κ1) is 13.3. The zero-order valence-corrected chi connectivity index (χ0v) is 10.2. The molecule has 5 nitrogen and oxygen atoms in total. The fourth-order valence-electron chi connectivity index (χ4n) is 2.01. The fraction of sp³-hybridized carbons (Fsp3) is 0.909. The number of nitrogens with zero attached hydrogens (tertiary/aromatic N) is 1. The van der Waals surface area contributed by atoms with Crippen LogP contribution in [0.25, 0.3) is 0 Å². The van der Waals surface area contributed by atoms with Gasteiger partial charge in [0.25, 0.3) is 0 Å². The number of carbonyl (C=O) groups excluding carboxylic acids is 1. The van der Waals surface area contributed by atoms with Crippen LogP contribution in [0.3, 0.4) is 0 Å². The van der Waals surface area contributed by atoms with E-state index in [2.05, 4.69) is 12.2 Å². The number of hydrogen-bond donors (Lipinski definition) is 2. The Morgan fingerprint density at radius 1 is 1.69 bits per heavy atom. The van der Waals surface area contributed by atoms with E-state index in [0.29, 0.717) is 19.1 Å². The van der Waals surface area contributed by atoms with Gasteiger partial charge in [-0.2, -0.15) is 0 Å². The average molecular weight is 229 g/mol. The number of nitrogens with one attached hydrogen (secondary N) is 1. The summed E-state index contributed by atoms with van der Waals surface area (Å²) in [5.41, 5.74) is 5.55. The molecule has 94 valence electrons. The van der Waals surface area contributed by atoms with E-state index in [9.17, 15) is 4.79 Å². The van der Waals surface area contributed by atoms with Crippen molar-refractivity contribution in [3.05, 3.63) is 0 Å². The number of methoxy groups -OCH3 is 1. The monoisotopic (exact) mass is 229 g/mol. The predicted molar refractivity (Wildman–Crippen MR) is 63.2 cm³/mol. The molecule has 3 N–H and O–H groups in total. The zero-order chi connectivity index (χ0) is 12.0. The molecule has 0 aromatic heterocycles. The molecule has 2 amide bonds. The molecular weight excluding hydrogens is 206 g/mol. The number of hydrogen-bond acceptors (Lipinski definition) is 3. The molecule has 0 spiro atoms. The van der Waals surface area contributed by atoms with Crippen molar-refractivity contribution in [2.75, 3.05) is 33.4 Å². The van der Waals surface area contributed by atoms with Crippen molar-refractivity contribution in [3.63, 3.8) is 0 Å². The zero-order valence-electron chi connectivity index (χ0n) is 10.2. The van der Waals surface area contributed by atoms with Crippen LogP contribution in [0, 0.1) is 5.92 Å². The van der Waals surface area contributed by atoms with Crippen LogP contribution < -0.4 is 11.1 Å². The molecule has 1 heterocycles. The van der Waals surface area contributed by atoms with E-state index < -0.39 is 0 Å². The Kier molecular flexibility index (Phi) is 5.55. The van der Waals surface area contributed by atoms with Crippen molar-refractivity contribution in [1.29, 1.82) is 0 Å². The van der Waals surface area contributed by atoms with E-state index in [1.54, 1.807) is 7.11 Å². The minimum Gasteiger partial charge on any atom is -0.383 e. The molecule has 1 saturated heterocycles. The van der Waals surface area contributed by atoms with Crippen LogP contribution in [0.5, 0.6) is 0 Å². The second kappa shape index (κ2) is 6.70. The van der Waals surface area contributed by atoms with Crippen LogP contribution in [0.1, 0.15) is 19.8 Å². The van der Waals surface area contributed by atoms with Gasteiger partial charge in [0.05, 0.1) is 12.6 Å². The first-order valence-electron chi connectivity index (χ1n) is 5.91. The van der Waals surface area contributed by atoms with Crippen molar-refractivity contribution >= 4 is 6.03 Å². The summed E-state index contributed by atoms with van der Waals surface area (Å²) in [6, 6.07) is -0.103. The van der Waals surface area contributed by atoms with E-state index in [1.165, 1.54) is 6.42 Å². The molecule has 2 unspecified atom stereocenters. The molecule has 0 aromatic carbocycles. The maximum absolute atomic E-state index is 11.9. The van der Waals surface area contributed by atoms with Gasteiger partial charge in [-0.3, -0.25) is 0 Å². The number of carbonyl (C=O) groups is 1. The van der Waals surface area contributed by atoms with Gasteiger partial charge < -0.3 is 20.7 Å². The first-order valence-corrected chi connectivity index (χ1v) is 5.91. The Balaban J connectivity index is 2.37. The molecule has 1 rings (SSSR count). The van der Waals surface area contributed by atoms with Gasteiger partial charge in [-0.1, -0.05) is 6.92 Å². The Morgan fingerprint density at radius 3 is 3.00 bits per heavy atom. The van der Waals surface area contributed by atoms with Gasteiger partial charge in [-0.15, -0.1) is 0 Å². The third kappa shape index (κ3) is 3.98. The molecule has 0 radical (unpaired) electrons. The third-order valence-electron chi connectivity index (χ3n) is 2.92. The van der Waals surface area contributed by atoms with Gasteiger partial charge in [0, 0.05) is 26.7 Å². The molecule has 5 heteroatoms. The molecule has 16 heavy (non-hydrogen) atoms. The minimum absolute atomic E-state index is 0.0148. The Hall–Kier alpha value is -0.810. The topological polar surface area (TPSA) is 67.6 Å². The standard InChI is InChI=1S/C11H23N3O2/c1-9-4-3-5-14(7-9)11(15)13-10(6-12)8-16-2/h9-10H,3-8,12H2,1-2H3,(H,13,15). The van der Waals surface area contributed by atoms with Crippen LogP contribution in [0.4, 0.5) is 4.79 Å². The summed E-state index contributed by atoms with van der Waals surface area (Å²) in [6.45, 7) is 4.74. The van der Waals surface area contributed by atoms with E-state index in [0.717, 1.165) is 19.5 Å². The third-order valence-corrected chi connectivity index (χ3v) is 2.92. The van der Waals surface area contributed by atoms with Crippen molar-refractivity contribution in [2.45, 2.75) is 25.8 Å². The van der Waals surface area contributed by atoms with Gasteiger partial charge in [-0.25, -0.2) is 4.79 Å². The van der Waals surface area contributed by atoms with E-state index in [-0.39, 0.29) is 12.1 Å². The van der Waals surface area contributed by atoms with Crippen LogP contribution in [0.2, 0.25) is 0 Å². The number of nitrogens with two attached hydrogens (primary N) is 1. The lowest BCUT2D eigenvalue weighted by Gasteiger charge is -2.32. The summed E-state index contributed by atoms with van der Waals surface area (Å²) < 4.78 is 4.99. The molecule has 1 fully saturated rings. The molecular formula is C11H23N3O2. The van der Waals surface area contributed by atoms with Crippen LogP contribution in [0.15, 0.2) is 0 Å². The summed E-state index contributed by atoms with van der Waals surface area (Å²) in [5.74, 6) is 0.596. The molecule has 1 aliphatic heterocycles. The molecule has 2 atom stereocenters. The Morgan fingerprint density at radius 2 is 2.44 bits per heavy atom. The van der Waals surface area contributed by atoms with Crippen molar-refractivity contribution < 1.29 is 9.53 Å². The molecule has 0 bridgehead atoms. The second-order valence-corrected chi connectivity index (χ2v) is 4.53. The SMILES string of the molecule is COCC(CN)NC(=O)N1CCCC(C)C1. The average Bonchev–Trinajstić information content (AvgIpc) is 2.28. The molecule has 0 aliphatic carbocycles. The van der Waals surface area contributed by atoms with Gasteiger partial charge in [0.1, 0.15) is 0 Å². The normalized spacial score (nSPS) is 22.9. The van der Waals surface area contributed by atoms with Crippen LogP contribution in [-0.4, -0.2) is 50.3 Å². The number of likely N-dealkylation sites (tertiary alicyclic amines) is 1. The lowest BCUT2D eigenvalue weighted by atomic mass is 10.0. The van der Waals surface area contributed by atoms with Crippen molar-refractivity contribution in [1.82, 2.24) is 10.2 Å². The van der Waals surface area contributed by atoms with Gasteiger partial charge >= 0.3 is 6.03 Å². The summed E-state index contributed by atoms with van der Waals surface area (Å²) in [4.78, 5) is 13.8. The lowest BCUT2D eigenvalue weighted by molar-refractivity contribution is 0.145. The van der Waals surface area contributed by atoms with E-state index in [1.807, 2.05) is 4.90 Å². The molecule has 0 aromatic rings. The Labute approximate surface area is 97.3 Å². The number of urea groups is 1. The number of ether oxygens (including phenoxy) is 1. The maximum Gasteiger partial charge on any atom is 0.317 e. The number of piperidine rings is 1. The summed E-state index contributed by atoms with van der Waals surface area (Å²) in [5, 5.41) is 2.89. The van der Waals surface area contributed by atoms with Crippen LogP contribution in [-0.2, 0) is 4.74 Å². The summed E-state index contributed by atoms with van der Waals surface area (Å²) >= 11 is 0. The highest BCUT2D eigenvalue weighted by Gasteiger charge is 2.22. The van der Waals surface area contributed by atoms with Gasteiger partial charge in [0.15, 0.2) is 0 Å². The summed E-state index contributed by atoms with van der Waals surface area (Å²) in [7, 11) is 1.61. The second-order valence-electron chi connectivity index (χ2n) is 4.53. The highest BCUT2D eigenvalue weighted by Crippen LogP contribution is 2.15. The quantitative estimate of drug-likeness (QED) is 0.733. The largest absolute Gasteiger partial charge is 0.383 e. The smallest absolute Gasteiger partial charge is 0.317 e. The van der Waals surface area contributed by atoms with Crippen LogP contribution >= 0.6 is 0 Å². The van der Waals surface area contributed by atoms with E-state index >= 15 is 0 Å². The van der Waals surface area contributed by atoms with Crippen molar-refractivity contribution in [2.24, 2.45) is 11.7 Å². The van der Waals surface area contributed by atoms with E-state index in [4.69, 9.17) is 10.5 Å². The lowest BCUT2D eigenvalue weighted by Crippen LogP contribution is -2.51. The maximum atomic E-state index is 11.9. The Bertz CT molecular complexity index is 223.